The van der Waals surface area contributed by atoms with Gasteiger partial charge in [0.25, 0.3) is 0 Å². The van der Waals surface area contributed by atoms with Crippen LogP contribution in [0.15, 0.2) is 42.6 Å². The number of aromatic nitrogens is 2. The summed E-state index contributed by atoms with van der Waals surface area (Å²) >= 11 is 0. The molecule has 1 amide bonds. The highest BCUT2D eigenvalue weighted by Gasteiger charge is 2.11. The van der Waals surface area contributed by atoms with Crippen LogP contribution in [0.3, 0.4) is 0 Å². The third-order valence-corrected chi connectivity index (χ3v) is 3.64. The van der Waals surface area contributed by atoms with Gasteiger partial charge in [-0.25, -0.2) is 0 Å². The van der Waals surface area contributed by atoms with Gasteiger partial charge in [0.05, 0.1) is 31.6 Å². The van der Waals surface area contributed by atoms with Crippen LogP contribution in [0.5, 0.6) is 11.5 Å². The summed E-state index contributed by atoms with van der Waals surface area (Å²) in [7, 11) is 3.11. The van der Waals surface area contributed by atoms with Crippen molar-refractivity contribution in [1.29, 1.82) is 0 Å². The summed E-state index contributed by atoms with van der Waals surface area (Å²) in [4.78, 5) is 12.3. The number of nitrogens with two attached hydrogens (primary N) is 1. The number of ether oxygens (including phenoxy) is 2. The van der Waals surface area contributed by atoms with E-state index in [1.165, 1.54) is 7.11 Å². The van der Waals surface area contributed by atoms with E-state index >= 15 is 0 Å². The number of amides is 1. The monoisotopic (exact) mass is 326 g/mol. The van der Waals surface area contributed by atoms with Gasteiger partial charge >= 0.3 is 0 Å². The zero-order chi connectivity index (χ0) is 17.1. The Labute approximate surface area is 139 Å². The minimum atomic E-state index is -0.217. The number of nitrogens with zero attached hydrogens (tertiary/aromatic N) is 2. The van der Waals surface area contributed by atoms with Crippen molar-refractivity contribution < 1.29 is 14.3 Å². The quantitative estimate of drug-likeness (QED) is 0.702. The molecule has 0 saturated carbocycles. The van der Waals surface area contributed by atoms with Crippen molar-refractivity contribution in [3.8, 4) is 11.5 Å². The van der Waals surface area contributed by atoms with Crippen LogP contribution in [0.2, 0.25) is 0 Å². The molecule has 7 heteroatoms. The Kier molecular flexibility index (Phi) is 4.24. The molecule has 0 fully saturated rings. The Balaban J connectivity index is 1.79. The molecule has 0 atom stereocenters. The molecule has 24 heavy (non-hydrogen) atoms. The minimum absolute atomic E-state index is 0.0716. The third-order valence-electron chi connectivity index (χ3n) is 3.64. The number of rotatable bonds is 5. The van der Waals surface area contributed by atoms with Crippen LogP contribution in [-0.4, -0.2) is 29.9 Å². The van der Waals surface area contributed by atoms with Gasteiger partial charge in [0.2, 0.25) is 5.91 Å². The first-order valence-electron chi connectivity index (χ1n) is 7.33. The Morgan fingerprint density at radius 2 is 2.04 bits per heavy atom. The van der Waals surface area contributed by atoms with E-state index in [4.69, 9.17) is 15.2 Å². The Morgan fingerprint density at radius 1 is 1.21 bits per heavy atom. The van der Waals surface area contributed by atoms with Gasteiger partial charge in [0, 0.05) is 17.1 Å². The summed E-state index contributed by atoms with van der Waals surface area (Å²) in [6, 6.07) is 10.7. The summed E-state index contributed by atoms with van der Waals surface area (Å²) in [6.07, 6.45) is 1.70. The second-order valence-electron chi connectivity index (χ2n) is 5.23. The average Bonchev–Trinajstić information content (AvgIpc) is 2.97. The molecule has 0 aliphatic heterocycles. The molecular formula is C17H18N4O3. The van der Waals surface area contributed by atoms with Gasteiger partial charge in [-0.3, -0.25) is 9.48 Å². The molecule has 0 saturated heterocycles. The number of methoxy groups -OCH3 is 2. The average molecular weight is 326 g/mol. The van der Waals surface area contributed by atoms with Crippen molar-refractivity contribution in [2.75, 3.05) is 25.3 Å². The third kappa shape index (κ3) is 3.10. The SMILES string of the molecule is COc1ccc(NC(=O)Cn2ncc3ccc(N)cc32)c(OC)c1. The van der Waals surface area contributed by atoms with Crippen molar-refractivity contribution in [3.05, 3.63) is 42.6 Å². The predicted molar refractivity (Wildman–Crippen MR) is 92.3 cm³/mol. The Bertz CT molecular complexity index is 889. The predicted octanol–water partition coefficient (Wildman–Crippen LogP) is 2.27. The Morgan fingerprint density at radius 3 is 2.79 bits per heavy atom. The van der Waals surface area contributed by atoms with Crippen LogP contribution in [-0.2, 0) is 11.3 Å². The Hall–Kier alpha value is -3.22. The van der Waals surface area contributed by atoms with Crippen molar-refractivity contribution in [2.45, 2.75) is 6.54 Å². The fourth-order valence-corrected chi connectivity index (χ4v) is 2.44. The molecule has 0 bridgehead atoms. The molecule has 3 rings (SSSR count). The molecule has 3 N–H and O–H groups in total. The molecule has 0 spiro atoms. The summed E-state index contributed by atoms with van der Waals surface area (Å²) in [5, 5.41) is 7.99. The van der Waals surface area contributed by atoms with Gasteiger partial charge in [-0.1, -0.05) is 0 Å². The van der Waals surface area contributed by atoms with E-state index in [2.05, 4.69) is 10.4 Å². The molecular weight excluding hydrogens is 308 g/mol. The van der Waals surface area contributed by atoms with E-state index in [-0.39, 0.29) is 12.5 Å². The van der Waals surface area contributed by atoms with Gasteiger partial charge < -0.3 is 20.5 Å². The van der Waals surface area contributed by atoms with Gasteiger partial charge in [-0.15, -0.1) is 0 Å². The number of carbonyl (C=O) groups excluding carboxylic acids is 1. The van der Waals surface area contributed by atoms with Gasteiger partial charge in [-0.2, -0.15) is 5.10 Å². The van der Waals surface area contributed by atoms with E-state index < -0.39 is 0 Å². The van der Waals surface area contributed by atoms with Crippen molar-refractivity contribution in [2.24, 2.45) is 0 Å². The molecule has 0 aliphatic rings. The molecule has 3 aromatic rings. The fourth-order valence-electron chi connectivity index (χ4n) is 2.44. The van der Waals surface area contributed by atoms with E-state index in [1.807, 2.05) is 6.07 Å². The van der Waals surface area contributed by atoms with Crippen molar-refractivity contribution >= 4 is 28.2 Å². The first-order valence-corrected chi connectivity index (χ1v) is 7.33. The minimum Gasteiger partial charge on any atom is -0.497 e. The fraction of sp³-hybridized carbons (Fsp3) is 0.176. The van der Waals surface area contributed by atoms with Crippen LogP contribution in [0, 0.1) is 0 Å². The largest absolute Gasteiger partial charge is 0.497 e. The van der Waals surface area contributed by atoms with Crippen LogP contribution < -0.4 is 20.5 Å². The number of nitrogens with one attached hydrogen (secondary N) is 1. The van der Waals surface area contributed by atoms with Gasteiger partial charge in [0.15, 0.2) is 0 Å². The first-order chi connectivity index (χ1) is 11.6. The van der Waals surface area contributed by atoms with E-state index in [0.717, 1.165) is 10.9 Å². The zero-order valence-corrected chi connectivity index (χ0v) is 13.4. The number of nitrogen functional groups attached to an aromatic ring is 1. The second kappa shape index (κ2) is 6.49. The summed E-state index contributed by atoms with van der Waals surface area (Å²) < 4.78 is 12.0. The van der Waals surface area contributed by atoms with Crippen molar-refractivity contribution in [1.82, 2.24) is 9.78 Å². The first kappa shape index (κ1) is 15.7. The maximum atomic E-state index is 12.3. The highest BCUT2D eigenvalue weighted by molar-refractivity contribution is 5.93. The van der Waals surface area contributed by atoms with Crippen molar-refractivity contribution in [3.63, 3.8) is 0 Å². The molecule has 2 aromatic carbocycles. The number of anilines is 2. The molecule has 7 nitrogen and oxygen atoms in total. The molecule has 0 aliphatic carbocycles. The number of carbonyl (C=O) groups is 1. The number of hydrogen-bond donors (Lipinski definition) is 2. The van der Waals surface area contributed by atoms with Crippen LogP contribution in [0.1, 0.15) is 0 Å². The molecule has 0 unspecified atom stereocenters. The smallest absolute Gasteiger partial charge is 0.246 e. The number of benzene rings is 2. The molecule has 0 radical (unpaired) electrons. The number of fused-ring (bicyclic) bond motifs is 1. The van der Waals surface area contributed by atoms with Crippen LogP contribution in [0.25, 0.3) is 10.9 Å². The van der Waals surface area contributed by atoms with Crippen LogP contribution >= 0.6 is 0 Å². The maximum absolute atomic E-state index is 12.3. The lowest BCUT2D eigenvalue weighted by Gasteiger charge is -2.12. The second-order valence-corrected chi connectivity index (χ2v) is 5.23. The topological polar surface area (TPSA) is 91.4 Å². The van der Waals surface area contributed by atoms with E-state index in [9.17, 15) is 4.79 Å². The normalized spacial score (nSPS) is 10.6. The van der Waals surface area contributed by atoms with Gasteiger partial charge in [-0.05, 0) is 30.3 Å². The lowest BCUT2D eigenvalue weighted by molar-refractivity contribution is -0.116. The summed E-state index contributed by atoms with van der Waals surface area (Å²) in [6.45, 7) is 0.0716. The maximum Gasteiger partial charge on any atom is 0.246 e. The number of hydrogen-bond acceptors (Lipinski definition) is 5. The van der Waals surface area contributed by atoms with Crippen LogP contribution in [0.4, 0.5) is 11.4 Å². The van der Waals surface area contributed by atoms with E-state index in [1.54, 1.807) is 48.3 Å². The highest BCUT2D eigenvalue weighted by atomic mass is 16.5. The molecule has 1 heterocycles. The molecule has 1 aromatic heterocycles. The highest BCUT2D eigenvalue weighted by Crippen LogP contribution is 2.29. The molecule has 124 valence electrons. The zero-order valence-electron chi connectivity index (χ0n) is 13.4. The lowest BCUT2D eigenvalue weighted by atomic mass is 10.2. The lowest BCUT2D eigenvalue weighted by Crippen LogP contribution is -2.19. The summed E-state index contributed by atoms with van der Waals surface area (Å²) in [5.41, 5.74) is 7.81. The van der Waals surface area contributed by atoms with E-state index in [0.29, 0.717) is 22.9 Å². The standard InChI is InChI=1S/C17H18N4O3/c1-23-13-5-6-14(16(8-13)24-2)20-17(22)10-21-15-7-12(18)4-3-11(15)9-19-21/h3-9H,10,18H2,1-2H3,(H,20,22). The summed E-state index contributed by atoms with van der Waals surface area (Å²) in [5.74, 6) is 0.960. The van der Waals surface area contributed by atoms with Gasteiger partial charge in [0.1, 0.15) is 18.0 Å².